The predicted molar refractivity (Wildman–Crippen MR) is 88.1 cm³/mol. The van der Waals surface area contributed by atoms with Gasteiger partial charge in [0.25, 0.3) is 11.8 Å². The highest BCUT2D eigenvalue weighted by Crippen LogP contribution is 2.25. The molecule has 2 heterocycles. The van der Waals surface area contributed by atoms with Gasteiger partial charge in [0, 0.05) is 37.8 Å². The molecule has 5 nitrogen and oxygen atoms in total. The van der Waals surface area contributed by atoms with Gasteiger partial charge in [0.2, 0.25) is 0 Å². The molecule has 2 aromatic rings. The number of nitrogens with zero attached hydrogens (tertiary/aromatic N) is 4. The number of aromatic nitrogens is 2. The Balaban J connectivity index is 1.74. The molecule has 1 aromatic heterocycles. The van der Waals surface area contributed by atoms with Gasteiger partial charge in [-0.25, -0.2) is 0 Å². The lowest BCUT2D eigenvalue weighted by Crippen LogP contribution is -2.49. The molecule has 1 aromatic carbocycles. The SMILES string of the molecule is Cc1ccc(-c2nc(N3CCN(C(C)C)CC3)no2)c(C)c1. The highest BCUT2D eigenvalue weighted by molar-refractivity contribution is 5.60. The van der Waals surface area contributed by atoms with E-state index in [1.165, 1.54) is 11.1 Å². The molecule has 1 saturated heterocycles. The molecular weight excluding hydrogens is 276 g/mol. The van der Waals surface area contributed by atoms with Gasteiger partial charge < -0.3 is 9.42 Å². The van der Waals surface area contributed by atoms with Crippen LogP contribution in [0.3, 0.4) is 0 Å². The highest BCUT2D eigenvalue weighted by atomic mass is 16.5. The van der Waals surface area contributed by atoms with E-state index in [1.54, 1.807) is 0 Å². The molecule has 0 N–H and O–H groups in total. The van der Waals surface area contributed by atoms with Crippen LogP contribution in [0.25, 0.3) is 11.5 Å². The topological polar surface area (TPSA) is 45.4 Å². The third kappa shape index (κ3) is 2.99. The third-order valence-corrected chi connectivity index (χ3v) is 4.36. The number of hydrogen-bond donors (Lipinski definition) is 0. The average Bonchev–Trinajstić information content (AvgIpc) is 2.97. The molecule has 0 atom stereocenters. The Labute approximate surface area is 131 Å². The molecule has 0 aliphatic carbocycles. The molecule has 5 heteroatoms. The van der Waals surface area contributed by atoms with Gasteiger partial charge >= 0.3 is 0 Å². The van der Waals surface area contributed by atoms with Crippen LogP contribution in [0.4, 0.5) is 5.95 Å². The zero-order valence-corrected chi connectivity index (χ0v) is 13.8. The Morgan fingerprint density at radius 1 is 1.09 bits per heavy atom. The molecule has 118 valence electrons. The van der Waals surface area contributed by atoms with Crippen molar-refractivity contribution >= 4 is 5.95 Å². The van der Waals surface area contributed by atoms with E-state index in [2.05, 4.69) is 65.8 Å². The zero-order chi connectivity index (χ0) is 15.7. The summed E-state index contributed by atoms with van der Waals surface area (Å²) in [6.45, 7) is 12.6. The van der Waals surface area contributed by atoms with Gasteiger partial charge in [0.15, 0.2) is 0 Å². The van der Waals surface area contributed by atoms with Crippen molar-refractivity contribution < 1.29 is 4.52 Å². The lowest BCUT2D eigenvalue weighted by Gasteiger charge is -2.36. The lowest BCUT2D eigenvalue weighted by molar-refractivity contribution is 0.208. The summed E-state index contributed by atoms with van der Waals surface area (Å²) >= 11 is 0. The van der Waals surface area contributed by atoms with Crippen molar-refractivity contribution in [1.82, 2.24) is 15.0 Å². The minimum Gasteiger partial charge on any atom is -0.336 e. The van der Waals surface area contributed by atoms with Crippen LogP contribution >= 0.6 is 0 Å². The number of piperazine rings is 1. The first kappa shape index (κ1) is 15.0. The highest BCUT2D eigenvalue weighted by Gasteiger charge is 2.22. The summed E-state index contributed by atoms with van der Waals surface area (Å²) in [5.74, 6) is 1.32. The second-order valence-corrected chi connectivity index (χ2v) is 6.33. The van der Waals surface area contributed by atoms with Gasteiger partial charge in [-0.1, -0.05) is 17.7 Å². The Hall–Kier alpha value is -1.88. The first-order valence-electron chi connectivity index (χ1n) is 7.95. The number of aryl methyl sites for hydroxylation is 2. The fourth-order valence-electron chi connectivity index (χ4n) is 2.95. The smallest absolute Gasteiger partial charge is 0.266 e. The van der Waals surface area contributed by atoms with Crippen molar-refractivity contribution in [3.8, 4) is 11.5 Å². The number of anilines is 1. The molecule has 1 aliphatic heterocycles. The number of hydrogen-bond acceptors (Lipinski definition) is 5. The van der Waals surface area contributed by atoms with Crippen molar-refractivity contribution in [3.05, 3.63) is 29.3 Å². The first-order valence-corrected chi connectivity index (χ1v) is 7.95. The van der Waals surface area contributed by atoms with Crippen LogP contribution in [-0.4, -0.2) is 47.3 Å². The maximum Gasteiger partial charge on any atom is 0.266 e. The summed E-state index contributed by atoms with van der Waals surface area (Å²) in [7, 11) is 0. The van der Waals surface area contributed by atoms with E-state index >= 15 is 0 Å². The van der Waals surface area contributed by atoms with Crippen LogP contribution < -0.4 is 4.90 Å². The van der Waals surface area contributed by atoms with Gasteiger partial charge in [-0.05, 0) is 44.5 Å². The van der Waals surface area contributed by atoms with Crippen molar-refractivity contribution in [2.75, 3.05) is 31.1 Å². The fraction of sp³-hybridized carbons (Fsp3) is 0.529. The largest absolute Gasteiger partial charge is 0.336 e. The van der Waals surface area contributed by atoms with Gasteiger partial charge in [-0.15, -0.1) is 0 Å². The van der Waals surface area contributed by atoms with E-state index in [1.807, 2.05) is 0 Å². The van der Waals surface area contributed by atoms with Crippen molar-refractivity contribution in [2.45, 2.75) is 33.7 Å². The fourth-order valence-corrected chi connectivity index (χ4v) is 2.95. The van der Waals surface area contributed by atoms with E-state index in [-0.39, 0.29) is 0 Å². The van der Waals surface area contributed by atoms with Gasteiger partial charge in [-0.2, -0.15) is 4.98 Å². The maximum absolute atomic E-state index is 5.48. The molecule has 1 fully saturated rings. The molecule has 0 spiro atoms. The van der Waals surface area contributed by atoms with Crippen molar-refractivity contribution in [3.63, 3.8) is 0 Å². The minimum atomic E-state index is 0.596. The van der Waals surface area contributed by atoms with Crippen molar-refractivity contribution in [2.24, 2.45) is 0 Å². The second-order valence-electron chi connectivity index (χ2n) is 6.33. The van der Waals surface area contributed by atoms with E-state index < -0.39 is 0 Å². The molecule has 0 bridgehead atoms. The molecule has 0 amide bonds. The number of benzene rings is 1. The van der Waals surface area contributed by atoms with E-state index in [0.717, 1.165) is 31.7 Å². The summed E-state index contributed by atoms with van der Waals surface area (Å²) in [5.41, 5.74) is 3.43. The maximum atomic E-state index is 5.48. The van der Waals surface area contributed by atoms with Crippen LogP contribution in [-0.2, 0) is 0 Å². The van der Waals surface area contributed by atoms with Crippen LogP contribution in [0.5, 0.6) is 0 Å². The molecule has 1 aliphatic rings. The van der Waals surface area contributed by atoms with Crippen molar-refractivity contribution in [1.29, 1.82) is 0 Å². The Kier molecular flexibility index (Phi) is 4.16. The summed E-state index contributed by atoms with van der Waals surface area (Å²) in [5, 5.41) is 4.17. The Morgan fingerprint density at radius 3 is 2.45 bits per heavy atom. The predicted octanol–water partition coefficient (Wildman–Crippen LogP) is 2.88. The number of rotatable bonds is 3. The average molecular weight is 300 g/mol. The monoisotopic (exact) mass is 300 g/mol. The Bertz CT molecular complexity index is 642. The van der Waals surface area contributed by atoms with Gasteiger partial charge in [0.05, 0.1) is 0 Å². The summed E-state index contributed by atoms with van der Waals surface area (Å²) in [6, 6.07) is 6.87. The summed E-state index contributed by atoms with van der Waals surface area (Å²) < 4.78 is 5.48. The molecule has 0 radical (unpaired) electrons. The lowest BCUT2D eigenvalue weighted by atomic mass is 10.1. The standard InChI is InChI=1S/C17H24N4O/c1-12(2)20-7-9-21(10-8-20)17-18-16(22-19-17)15-6-5-13(3)11-14(15)4/h5-6,11-12H,7-10H2,1-4H3. The minimum absolute atomic E-state index is 0.596. The molecule has 0 saturated carbocycles. The van der Waals surface area contributed by atoms with E-state index in [9.17, 15) is 0 Å². The molecule has 3 rings (SSSR count). The summed E-state index contributed by atoms with van der Waals surface area (Å²) in [4.78, 5) is 9.27. The van der Waals surface area contributed by atoms with Gasteiger partial charge in [-0.3, -0.25) is 4.90 Å². The van der Waals surface area contributed by atoms with E-state index in [4.69, 9.17) is 4.52 Å². The normalized spacial score (nSPS) is 16.5. The summed E-state index contributed by atoms with van der Waals surface area (Å²) in [6.07, 6.45) is 0. The molecule has 0 unspecified atom stereocenters. The molecular formula is C17H24N4O. The van der Waals surface area contributed by atoms with E-state index in [0.29, 0.717) is 17.9 Å². The first-order chi connectivity index (χ1) is 10.5. The zero-order valence-electron chi connectivity index (χ0n) is 13.8. The Morgan fingerprint density at radius 2 is 1.82 bits per heavy atom. The van der Waals surface area contributed by atoms with Crippen LogP contribution in [0.1, 0.15) is 25.0 Å². The third-order valence-electron chi connectivity index (χ3n) is 4.36. The van der Waals surface area contributed by atoms with Crippen LogP contribution in [0.2, 0.25) is 0 Å². The molecule has 22 heavy (non-hydrogen) atoms. The van der Waals surface area contributed by atoms with Crippen LogP contribution in [0, 0.1) is 13.8 Å². The van der Waals surface area contributed by atoms with Crippen LogP contribution in [0.15, 0.2) is 22.7 Å². The quantitative estimate of drug-likeness (QED) is 0.872. The second kappa shape index (κ2) is 6.08. The van der Waals surface area contributed by atoms with Gasteiger partial charge in [0.1, 0.15) is 0 Å².